The third-order valence-corrected chi connectivity index (χ3v) is 5.15. The van der Waals surface area contributed by atoms with Crippen molar-refractivity contribution < 1.29 is 14.3 Å². The smallest absolute Gasteiger partial charge is 0.312 e. The van der Waals surface area contributed by atoms with Crippen LogP contribution in [-0.4, -0.2) is 26.3 Å². The highest BCUT2D eigenvalue weighted by Gasteiger charge is 2.69. The molecule has 1 aliphatic carbocycles. The molecule has 0 N–H and O–H groups in total. The SMILES string of the molecule is COC(=O)C1(C2(c3cc(Br)ccc3C)COC2)CC1. The minimum absolute atomic E-state index is 0.0878. The Hall–Kier alpha value is -0.870. The quantitative estimate of drug-likeness (QED) is 0.802. The number of benzene rings is 1. The van der Waals surface area contributed by atoms with Crippen LogP contribution in [0.1, 0.15) is 24.0 Å². The average Bonchev–Trinajstić information content (AvgIpc) is 3.13. The number of aryl methyl sites for hydroxylation is 1. The summed E-state index contributed by atoms with van der Waals surface area (Å²) >= 11 is 3.53. The van der Waals surface area contributed by atoms with E-state index in [0.717, 1.165) is 17.3 Å². The molecule has 4 heteroatoms. The highest BCUT2D eigenvalue weighted by atomic mass is 79.9. The second kappa shape index (κ2) is 4.32. The van der Waals surface area contributed by atoms with E-state index in [0.29, 0.717) is 13.2 Å². The van der Waals surface area contributed by atoms with E-state index in [1.165, 1.54) is 18.2 Å². The molecule has 3 nitrogen and oxygen atoms in total. The van der Waals surface area contributed by atoms with E-state index < -0.39 is 0 Å². The van der Waals surface area contributed by atoms with Gasteiger partial charge in [-0.25, -0.2) is 0 Å². The Morgan fingerprint density at radius 2 is 2.05 bits per heavy atom. The van der Waals surface area contributed by atoms with Crippen LogP contribution >= 0.6 is 15.9 Å². The lowest BCUT2D eigenvalue weighted by Crippen LogP contribution is -2.57. The topological polar surface area (TPSA) is 35.5 Å². The Labute approximate surface area is 121 Å². The van der Waals surface area contributed by atoms with Gasteiger partial charge in [0, 0.05) is 4.47 Å². The van der Waals surface area contributed by atoms with Crippen LogP contribution in [0.5, 0.6) is 0 Å². The fraction of sp³-hybridized carbons (Fsp3) is 0.533. The third kappa shape index (κ3) is 1.69. The zero-order chi connectivity index (χ0) is 13.7. The van der Waals surface area contributed by atoms with Crippen molar-refractivity contribution in [3.05, 3.63) is 33.8 Å². The maximum absolute atomic E-state index is 12.2. The molecule has 1 aromatic rings. The molecule has 2 fully saturated rings. The predicted molar refractivity (Wildman–Crippen MR) is 75.1 cm³/mol. The van der Waals surface area contributed by atoms with Crippen LogP contribution in [0, 0.1) is 12.3 Å². The molecule has 0 spiro atoms. The molecule has 19 heavy (non-hydrogen) atoms. The molecule has 3 rings (SSSR count). The predicted octanol–water partition coefficient (Wildman–Crippen LogP) is 2.98. The summed E-state index contributed by atoms with van der Waals surface area (Å²) in [6.07, 6.45) is 1.80. The van der Waals surface area contributed by atoms with Crippen LogP contribution in [0.2, 0.25) is 0 Å². The molecule has 2 aliphatic rings. The van der Waals surface area contributed by atoms with E-state index in [2.05, 4.69) is 35.0 Å². The fourth-order valence-electron chi connectivity index (χ4n) is 3.30. The number of carbonyl (C=O) groups is 1. The highest BCUT2D eigenvalue weighted by Crippen LogP contribution is 2.63. The van der Waals surface area contributed by atoms with Gasteiger partial charge >= 0.3 is 5.97 Å². The second-order valence-corrected chi connectivity index (χ2v) is 6.52. The largest absolute Gasteiger partial charge is 0.469 e. The van der Waals surface area contributed by atoms with E-state index in [1.807, 2.05) is 6.07 Å². The van der Waals surface area contributed by atoms with Crippen molar-refractivity contribution in [1.82, 2.24) is 0 Å². The molecular formula is C15H17BrO3. The first kappa shape index (κ1) is 13.1. The van der Waals surface area contributed by atoms with Crippen molar-refractivity contribution >= 4 is 21.9 Å². The third-order valence-electron chi connectivity index (χ3n) is 4.65. The fourth-order valence-corrected chi connectivity index (χ4v) is 3.67. The van der Waals surface area contributed by atoms with Crippen LogP contribution < -0.4 is 0 Å². The van der Waals surface area contributed by atoms with Crippen molar-refractivity contribution in [2.24, 2.45) is 5.41 Å². The minimum atomic E-state index is -0.369. The van der Waals surface area contributed by atoms with Gasteiger partial charge in [0.2, 0.25) is 0 Å². The van der Waals surface area contributed by atoms with Crippen molar-refractivity contribution in [3.63, 3.8) is 0 Å². The molecule has 0 unspecified atom stereocenters. The Balaban J connectivity index is 2.09. The number of rotatable bonds is 3. The van der Waals surface area contributed by atoms with Gasteiger partial charge < -0.3 is 9.47 Å². The van der Waals surface area contributed by atoms with Gasteiger partial charge in [0.1, 0.15) is 0 Å². The minimum Gasteiger partial charge on any atom is -0.469 e. The molecule has 0 amide bonds. The molecule has 1 saturated heterocycles. The molecule has 0 radical (unpaired) electrons. The van der Waals surface area contributed by atoms with Gasteiger partial charge in [-0.2, -0.15) is 0 Å². The Morgan fingerprint density at radius 1 is 1.37 bits per heavy atom. The van der Waals surface area contributed by atoms with Gasteiger partial charge in [-0.15, -0.1) is 0 Å². The summed E-state index contributed by atoms with van der Waals surface area (Å²) in [5.74, 6) is -0.0878. The average molecular weight is 325 g/mol. The number of methoxy groups -OCH3 is 1. The number of hydrogen-bond donors (Lipinski definition) is 0. The molecule has 1 saturated carbocycles. The van der Waals surface area contributed by atoms with Crippen molar-refractivity contribution in [1.29, 1.82) is 0 Å². The number of carbonyl (C=O) groups excluding carboxylic acids is 1. The first-order valence-electron chi connectivity index (χ1n) is 6.49. The highest BCUT2D eigenvalue weighted by molar-refractivity contribution is 9.10. The lowest BCUT2D eigenvalue weighted by molar-refractivity contribution is -0.164. The van der Waals surface area contributed by atoms with E-state index in [1.54, 1.807) is 0 Å². The van der Waals surface area contributed by atoms with Gasteiger partial charge in [-0.3, -0.25) is 4.79 Å². The van der Waals surface area contributed by atoms with Crippen LogP contribution in [-0.2, 0) is 19.7 Å². The number of hydrogen-bond acceptors (Lipinski definition) is 3. The zero-order valence-corrected chi connectivity index (χ0v) is 12.7. The summed E-state index contributed by atoms with van der Waals surface area (Å²) in [4.78, 5) is 12.2. The van der Waals surface area contributed by atoms with Gasteiger partial charge in [-0.05, 0) is 43.0 Å². The van der Waals surface area contributed by atoms with Crippen molar-refractivity contribution in [2.75, 3.05) is 20.3 Å². The lowest BCUT2D eigenvalue weighted by atomic mass is 9.65. The number of halogens is 1. The summed E-state index contributed by atoms with van der Waals surface area (Å²) < 4.78 is 11.6. The molecule has 0 aromatic heterocycles. The summed E-state index contributed by atoms with van der Waals surface area (Å²) in [5.41, 5.74) is 1.86. The molecule has 1 aliphatic heterocycles. The Kier molecular flexibility index (Phi) is 2.98. The van der Waals surface area contributed by atoms with Gasteiger partial charge in [-0.1, -0.05) is 22.0 Å². The second-order valence-electron chi connectivity index (χ2n) is 5.61. The molecule has 1 heterocycles. The van der Waals surface area contributed by atoms with E-state index in [9.17, 15) is 4.79 Å². The summed E-state index contributed by atoms with van der Waals surface area (Å²) in [7, 11) is 1.48. The molecule has 1 aromatic carbocycles. The van der Waals surface area contributed by atoms with Crippen molar-refractivity contribution in [2.45, 2.75) is 25.2 Å². The summed E-state index contributed by atoms with van der Waals surface area (Å²) in [6.45, 7) is 3.31. The maximum atomic E-state index is 12.2. The van der Waals surface area contributed by atoms with E-state index in [-0.39, 0.29) is 16.8 Å². The Morgan fingerprint density at radius 3 is 2.53 bits per heavy atom. The first-order chi connectivity index (χ1) is 9.06. The molecule has 0 bridgehead atoms. The van der Waals surface area contributed by atoms with Crippen LogP contribution in [0.25, 0.3) is 0 Å². The number of esters is 1. The Bertz CT molecular complexity index is 530. The number of ether oxygens (including phenoxy) is 2. The standard InChI is InChI=1S/C15H17BrO3/c1-10-3-4-11(16)7-12(10)15(8-19-9-15)14(5-6-14)13(17)18-2/h3-4,7H,5-6,8-9H2,1-2H3. The normalized spacial score (nSPS) is 22.5. The molecular weight excluding hydrogens is 308 g/mol. The monoisotopic (exact) mass is 324 g/mol. The van der Waals surface area contributed by atoms with Crippen LogP contribution in [0.4, 0.5) is 0 Å². The van der Waals surface area contributed by atoms with Crippen LogP contribution in [0.15, 0.2) is 22.7 Å². The van der Waals surface area contributed by atoms with Gasteiger partial charge in [0.25, 0.3) is 0 Å². The molecule has 0 atom stereocenters. The van der Waals surface area contributed by atoms with Gasteiger partial charge in [0.15, 0.2) is 0 Å². The van der Waals surface area contributed by atoms with E-state index >= 15 is 0 Å². The van der Waals surface area contributed by atoms with E-state index in [4.69, 9.17) is 9.47 Å². The maximum Gasteiger partial charge on any atom is 0.312 e. The molecule has 102 valence electrons. The van der Waals surface area contributed by atoms with Gasteiger partial charge in [0.05, 0.1) is 31.2 Å². The lowest BCUT2D eigenvalue weighted by Gasteiger charge is -2.47. The summed E-state index contributed by atoms with van der Waals surface area (Å²) in [5, 5.41) is 0. The summed E-state index contributed by atoms with van der Waals surface area (Å²) in [6, 6.07) is 6.25. The first-order valence-corrected chi connectivity index (χ1v) is 7.28. The van der Waals surface area contributed by atoms with Crippen molar-refractivity contribution in [3.8, 4) is 0 Å². The van der Waals surface area contributed by atoms with Crippen LogP contribution in [0.3, 0.4) is 0 Å². The zero-order valence-electron chi connectivity index (χ0n) is 11.2.